The van der Waals surface area contributed by atoms with Crippen molar-refractivity contribution < 1.29 is 4.92 Å². The average Bonchev–Trinajstić information content (AvgIpc) is 2.45. The lowest BCUT2D eigenvalue weighted by atomic mass is 10.1. The molecule has 0 saturated heterocycles. The lowest BCUT2D eigenvalue weighted by Crippen LogP contribution is -2.07. The summed E-state index contributed by atoms with van der Waals surface area (Å²) in [6.07, 6.45) is 5.31. The van der Waals surface area contributed by atoms with Gasteiger partial charge in [0, 0.05) is 24.5 Å². The molecular formula is C12H13N5O2. The summed E-state index contributed by atoms with van der Waals surface area (Å²) in [6, 6.07) is 3.36. The number of nitrogens with one attached hydrogen (secondary N) is 1. The molecule has 0 aliphatic carbocycles. The molecule has 7 heteroatoms. The second-order valence-corrected chi connectivity index (χ2v) is 3.84. The van der Waals surface area contributed by atoms with Crippen LogP contribution in [0.4, 0.5) is 11.5 Å². The molecule has 2 heterocycles. The summed E-state index contributed by atoms with van der Waals surface area (Å²) in [7, 11) is 0. The predicted octanol–water partition coefficient (Wildman–Crippen LogP) is 2.27. The first kappa shape index (κ1) is 12.9. The molecule has 0 unspecified atom stereocenters. The van der Waals surface area contributed by atoms with E-state index < -0.39 is 4.92 Å². The standard InChI is InChI=1S/C12H13N5O2/c1-2-5-14-12-11(17(18)19)10(15-8-16-12)9-3-6-13-7-4-9/h3-4,6-8H,2,5H2,1H3,(H,14,15,16). The normalized spacial score (nSPS) is 10.2. The number of aromatic nitrogens is 3. The smallest absolute Gasteiger partial charge is 0.337 e. The van der Waals surface area contributed by atoms with Crippen LogP contribution in [0, 0.1) is 10.1 Å². The zero-order chi connectivity index (χ0) is 13.7. The average molecular weight is 259 g/mol. The number of hydrogen-bond acceptors (Lipinski definition) is 6. The lowest BCUT2D eigenvalue weighted by Gasteiger charge is -2.07. The Morgan fingerprint density at radius 1 is 1.32 bits per heavy atom. The van der Waals surface area contributed by atoms with Gasteiger partial charge in [-0.05, 0) is 18.6 Å². The van der Waals surface area contributed by atoms with Crippen molar-refractivity contribution in [3.05, 3.63) is 41.0 Å². The Hall–Kier alpha value is -2.57. The Morgan fingerprint density at radius 3 is 2.68 bits per heavy atom. The van der Waals surface area contributed by atoms with E-state index in [4.69, 9.17) is 0 Å². The van der Waals surface area contributed by atoms with Gasteiger partial charge in [0.15, 0.2) is 5.69 Å². The minimum Gasteiger partial charge on any atom is -0.364 e. The second-order valence-electron chi connectivity index (χ2n) is 3.84. The molecule has 7 nitrogen and oxygen atoms in total. The molecule has 0 fully saturated rings. The van der Waals surface area contributed by atoms with Gasteiger partial charge < -0.3 is 5.32 Å². The zero-order valence-corrected chi connectivity index (χ0v) is 10.4. The van der Waals surface area contributed by atoms with Gasteiger partial charge in [0.25, 0.3) is 0 Å². The van der Waals surface area contributed by atoms with Gasteiger partial charge in [-0.2, -0.15) is 0 Å². The monoisotopic (exact) mass is 259 g/mol. The van der Waals surface area contributed by atoms with Crippen molar-refractivity contribution in [3.8, 4) is 11.3 Å². The summed E-state index contributed by atoms with van der Waals surface area (Å²) < 4.78 is 0. The fraction of sp³-hybridized carbons (Fsp3) is 0.250. The predicted molar refractivity (Wildman–Crippen MR) is 70.7 cm³/mol. The molecule has 2 rings (SSSR count). The Morgan fingerprint density at radius 2 is 2.05 bits per heavy atom. The van der Waals surface area contributed by atoms with Crippen molar-refractivity contribution in [2.75, 3.05) is 11.9 Å². The van der Waals surface area contributed by atoms with E-state index in [1.165, 1.54) is 6.33 Å². The number of nitrogens with zero attached hydrogens (tertiary/aromatic N) is 4. The molecule has 19 heavy (non-hydrogen) atoms. The van der Waals surface area contributed by atoms with Crippen LogP contribution in [0.3, 0.4) is 0 Å². The Balaban J connectivity index is 2.52. The fourth-order valence-corrected chi connectivity index (χ4v) is 1.65. The van der Waals surface area contributed by atoms with Gasteiger partial charge in [0.05, 0.1) is 4.92 Å². The topological polar surface area (TPSA) is 93.8 Å². The number of hydrogen-bond donors (Lipinski definition) is 1. The molecule has 0 saturated carbocycles. The van der Waals surface area contributed by atoms with E-state index in [1.807, 2.05) is 6.92 Å². The van der Waals surface area contributed by atoms with Crippen LogP contribution in [0.25, 0.3) is 11.3 Å². The van der Waals surface area contributed by atoms with Crippen molar-refractivity contribution in [3.63, 3.8) is 0 Å². The highest BCUT2D eigenvalue weighted by Gasteiger charge is 2.23. The molecular weight excluding hydrogens is 246 g/mol. The molecule has 2 aromatic rings. The number of pyridine rings is 1. The van der Waals surface area contributed by atoms with Gasteiger partial charge in [-0.3, -0.25) is 15.1 Å². The van der Waals surface area contributed by atoms with Gasteiger partial charge in [-0.25, -0.2) is 9.97 Å². The zero-order valence-electron chi connectivity index (χ0n) is 10.4. The molecule has 0 spiro atoms. The number of rotatable bonds is 5. The minimum absolute atomic E-state index is 0.109. The van der Waals surface area contributed by atoms with Crippen LogP contribution >= 0.6 is 0 Å². The summed E-state index contributed by atoms with van der Waals surface area (Å²) in [5.41, 5.74) is 0.826. The quantitative estimate of drug-likeness (QED) is 0.653. The highest BCUT2D eigenvalue weighted by Crippen LogP contribution is 2.32. The molecule has 0 atom stereocenters. The SMILES string of the molecule is CCCNc1ncnc(-c2ccncc2)c1[N+](=O)[O-]. The minimum atomic E-state index is -0.465. The first-order valence-corrected chi connectivity index (χ1v) is 5.87. The van der Waals surface area contributed by atoms with Crippen LogP contribution in [-0.2, 0) is 0 Å². The molecule has 98 valence electrons. The van der Waals surface area contributed by atoms with E-state index in [0.717, 1.165) is 6.42 Å². The summed E-state index contributed by atoms with van der Waals surface area (Å²) in [5, 5.41) is 14.2. The lowest BCUT2D eigenvalue weighted by molar-refractivity contribution is -0.383. The number of nitro groups is 1. The molecule has 0 aromatic carbocycles. The second kappa shape index (κ2) is 5.85. The van der Waals surface area contributed by atoms with Crippen molar-refractivity contribution in [2.45, 2.75) is 13.3 Å². The third-order valence-corrected chi connectivity index (χ3v) is 2.50. The van der Waals surface area contributed by atoms with Gasteiger partial charge in [-0.1, -0.05) is 6.92 Å². The van der Waals surface area contributed by atoms with Crippen LogP contribution in [0.1, 0.15) is 13.3 Å². The highest BCUT2D eigenvalue weighted by atomic mass is 16.6. The molecule has 1 N–H and O–H groups in total. The summed E-state index contributed by atoms with van der Waals surface area (Å²) >= 11 is 0. The van der Waals surface area contributed by atoms with E-state index in [9.17, 15) is 10.1 Å². The number of anilines is 1. The van der Waals surface area contributed by atoms with Crippen molar-refractivity contribution >= 4 is 11.5 Å². The van der Waals surface area contributed by atoms with Gasteiger partial charge in [0.2, 0.25) is 5.82 Å². The van der Waals surface area contributed by atoms with Gasteiger partial charge >= 0.3 is 5.69 Å². The molecule has 0 amide bonds. The molecule has 0 aliphatic heterocycles. The van der Waals surface area contributed by atoms with Crippen molar-refractivity contribution in [2.24, 2.45) is 0 Å². The first-order chi connectivity index (χ1) is 9.24. The van der Waals surface area contributed by atoms with Crippen molar-refractivity contribution in [1.82, 2.24) is 15.0 Å². The highest BCUT2D eigenvalue weighted by molar-refractivity contribution is 5.76. The van der Waals surface area contributed by atoms with E-state index in [0.29, 0.717) is 17.8 Å². The van der Waals surface area contributed by atoms with Crippen LogP contribution in [-0.4, -0.2) is 26.4 Å². The van der Waals surface area contributed by atoms with Gasteiger partial charge in [0.1, 0.15) is 6.33 Å². The van der Waals surface area contributed by atoms with Crippen LogP contribution in [0.5, 0.6) is 0 Å². The maximum absolute atomic E-state index is 11.2. The van der Waals surface area contributed by atoms with Crippen LogP contribution in [0.15, 0.2) is 30.9 Å². The third kappa shape index (κ3) is 2.82. The van der Waals surface area contributed by atoms with E-state index in [1.54, 1.807) is 24.5 Å². The van der Waals surface area contributed by atoms with E-state index in [2.05, 4.69) is 20.3 Å². The van der Waals surface area contributed by atoms with E-state index in [-0.39, 0.29) is 11.5 Å². The maximum atomic E-state index is 11.2. The summed E-state index contributed by atoms with van der Waals surface area (Å²) in [6.45, 7) is 2.59. The fourth-order valence-electron chi connectivity index (χ4n) is 1.65. The third-order valence-electron chi connectivity index (χ3n) is 2.50. The molecule has 0 radical (unpaired) electrons. The largest absolute Gasteiger partial charge is 0.364 e. The van der Waals surface area contributed by atoms with Gasteiger partial charge in [-0.15, -0.1) is 0 Å². The Bertz CT molecular complexity index is 574. The van der Waals surface area contributed by atoms with E-state index >= 15 is 0 Å². The maximum Gasteiger partial charge on any atom is 0.337 e. The molecule has 0 bridgehead atoms. The van der Waals surface area contributed by atoms with Crippen LogP contribution in [0.2, 0.25) is 0 Å². The first-order valence-electron chi connectivity index (χ1n) is 5.87. The summed E-state index contributed by atoms with van der Waals surface area (Å²) in [5.74, 6) is 0.244. The van der Waals surface area contributed by atoms with Crippen molar-refractivity contribution in [1.29, 1.82) is 0 Å². The molecule has 2 aromatic heterocycles. The Labute approximate surface area is 109 Å². The summed E-state index contributed by atoms with van der Waals surface area (Å²) in [4.78, 5) is 22.6. The molecule has 0 aliphatic rings. The van der Waals surface area contributed by atoms with Crippen LogP contribution < -0.4 is 5.32 Å². The Kier molecular flexibility index (Phi) is 3.97.